The molecule has 0 saturated heterocycles. The molecule has 4 rings (SSSR count). The van der Waals surface area contributed by atoms with Gasteiger partial charge < -0.3 is 15.1 Å². The van der Waals surface area contributed by atoms with Gasteiger partial charge in [0.05, 0.1) is 12.0 Å². The summed E-state index contributed by atoms with van der Waals surface area (Å²) >= 11 is 0. The summed E-state index contributed by atoms with van der Waals surface area (Å²) < 4.78 is 0. The van der Waals surface area contributed by atoms with Crippen molar-refractivity contribution in [3.8, 4) is 0 Å². The van der Waals surface area contributed by atoms with Crippen LogP contribution in [-0.2, 0) is 9.59 Å². The van der Waals surface area contributed by atoms with E-state index in [-0.39, 0.29) is 29.2 Å². The first-order chi connectivity index (χ1) is 12.1. The zero-order valence-electron chi connectivity index (χ0n) is 16.1. The number of carbonyl (C=O) groups is 2. The normalized spacial score (nSPS) is 50.2. The average molecular weight is 361 g/mol. The van der Waals surface area contributed by atoms with Crippen LogP contribution >= 0.6 is 0 Å². The van der Waals surface area contributed by atoms with E-state index >= 15 is 0 Å². The molecular formula is C21H31NO4. The third-order valence-corrected chi connectivity index (χ3v) is 8.89. The van der Waals surface area contributed by atoms with Gasteiger partial charge >= 0.3 is 5.97 Å². The van der Waals surface area contributed by atoms with Crippen LogP contribution in [-0.4, -0.2) is 45.7 Å². The van der Waals surface area contributed by atoms with Gasteiger partial charge in [-0.05, 0) is 67.8 Å². The fourth-order valence-electron chi connectivity index (χ4n) is 7.39. The van der Waals surface area contributed by atoms with Crippen LogP contribution in [0.25, 0.3) is 0 Å². The van der Waals surface area contributed by atoms with Crippen LogP contribution in [0.2, 0.25) is 0 Å². The van der Waals surface area contributed by atoms with Crippen LogP contribution in [0.4, 0.5) is 0 Å². The Morgan fingerprint density at radius 3 is 2.58 bits per heavy atom. The molecule has 2 unspecified atom stereocenters. The number of fused-ring (bicyclic) bond motifs is 5. The standard InChI is InChI=1S/C21H31NO4/c1-19-9-8-17(23)22(3)16(19)5-4-13-14(19)6-10-20(2)15(13)7-11-21(20,26)12-18(24)25/h8-9,13-16,26H,4-7,10-12H2,1-3H3,(H,24,25)/t13-,14-,15+,16?,19-,20+,21?/m1/s1. The summed E-state index contributed by atoms with van der Waals surface area (Å²) in [5.74, 6) is 0.577. The van der Waals surface area contributed by atoms with E-state index in [9.17, 15) is 19.8 Å². The highest BCUT2D eigenvalue weighted by Gasteiger charge is 2.65. The molecular weight excluding hydrogens is 330 g/mol. The van der Waals surface area contributed by atoms with Crippen molar-refractivity contribution in [2.45, 2.75) is 70.4 Å². The number of aliphatic hydroxyl groups is 1. The van der Waals surface area contributed by atoms with E-state index in [0.717, 1.165) is 32.1 Å². The van der Waals surface area contributed by atoms with E-state index < -0.39 is 11.6 Å². The van der Waals surface area contributed by atoms with E-state index in [1.54, 1.807) is 6.08 Å². The molecule has 2 N–H and O–H groups in total. The molecule has 0 aromatic heterocycles. The van der Waals surface area contributed by atoms with Gasteiger partial charge in [0, 0.05) is 18.5 Å². The summed E-state index contributed by atoms with van der Waals surface area (Å²) in [6, 6.07) is 0.255. The molecule has 3 saturated carbocycles. The van der Waals surface area contributed by atoms with Crippen molar-refractivity contribution in [2.24, 2.45) is 28.6 Å². The van der Waals surface area contributed by atoms with E-state index in [4.69, 9.17) is 0 Å². The number of carboxylic acid groups (broad SMARTS) is 1. The van der Waals surface area contributed by atoms with Gasteiger partial charge in [0.15, 0.2) is 0 Å². The van der Waals surface area contributed by atoms with E-state index in [1.807, 2.05) is 11.9 Å². The number of carbonyl (C=O) groups excluding carboxylic acids is 1. The highest BCUT2D eigenvalue weighted by molar-refractivity contribution is 5.89. The molecule has 3 fully saturated rings. The molecule has 0 aromatic rings. The third kappa shape index (κ3) is 2.19. The Hall–Kier alpha value is -1.36. The van der Waals surface area contributed by atoms with Gasteiger partial charge in [-0.2, -0.15) is 0 Å². The maximum absolute atomic E-state index is 12.1. The van der Waals surface area contributed by atoms with Crippen molar-refractivity contribution in [3.63, 3.8) is 0 Å². The number of hydrogen-bond donors (Lipinski definition) is 2. The minimum Gasteiger partial charge on any atom is -0.481 e. The summed E-state index contributed by atoms with van der Waals surface area (Å²) in [4.78, 5) is 25.4. The number of carboxylic acids is 1. The predicted molar refractivity (Wildman–Crippen MR) is 97.3 cm³/mol. The molecule has 144 valence electrons. The fraction of sp³-hybridized carbons (Fsp3) is 0.810. The Balaban J connectivity index is 1.66. The van der Waals surface area contributed by atoms with Crippen molar-refractivity contribution in [3.05, 3.63) is 12.2 Å². The molecule has 1 amide bonds. The molecule has 4 aliphatic rings. The molecule has 3 aliphatic carbocycles. The molecule has 0 spiro atoms. The zero-order valence-corrected chi connectivity index (χ0v) is 16.1. The molecule has 7 atom stereocenters. The highest BCUT2D eigenvalue weighted by Crippen LogP contribution is 2.67. The Bertz CT molecular complexity index is 675. The van der Waals surface area contributed by atoms with Crippen LogP contribution in [0, 0.1) is 28.6 Å². The van der Waals surface area contributed by atoms with E-state index in [0.29, 0.717) is 24.2 Å². The Kier molecular flexibility index (Phi) is 3.86. The van der Waals surface area contributed by atoms with Gasteiger partial charge in [0.2, 0.25) is 5.91 Å². The number of amides is 1. The lowest BCUT2D eigenvalue weighted by Gasteiger charge is -2.61. The number of aliphatic carboxylic acids is 1. The first-order valence-corrected chi connectivity index (χ1v) is 10.0. The summed E-state index contributed by atoms with van der Waals surface area (Å²) in [6.45, 7) is 4.43. The monoisotopic (exact) mass is 361 g/mol. The lowest BCUT2D eigenvalue weighted by molar-refractivity contribution is -0.163. The molecule has 0 bridgehead atoms. The number of rotatable bonds is 2. The second-order valence-corrected chi connectivity index (χ2v) is 9.72. The van der Waals surface area contributed by atoms with Gasteiger partial charge in [-0.25, -0.2) is 0 Å². The van der Waals surface area contributed by atoms with Crippen molar-refractivity contribution in [1.29, 1.82) is 0 Å². The van der Waals surface area contributed by atoms with Crippen LogP contribution in [0.3, 0.4) is 0 Å². The fourth-order valence-corrected chi connectivity index (χ4v) is 7.39. The summed E-state index contributed by atoms with van der Waals surface area (Å²) in [7, 11) is 1.92. The summed E-state index contributed by atoms with van der Waals surface area (Å²) in [5, 5.41) is 20.6. The van der Waals surface area contributed by atoms with Crippen molar-refractivity contribution < 1.29 is 19.8 Å². The van der Waals surface area contributed by atoms with Crippen LogP contribution in [0.5, 0.6) is 0 Å². The predicted octanol–water partition coefficient (Wildman–Crippen LogP) is 2.83. The lowest BCUT2D eigenvalue weighted by atomic mass is 9.47. The van der Waals surface area contributed by atoms with Crippen LogP contribution in [0.15, 0.2) is 12.2 Å². The quantitative estimate of drug-likeness (QED) is 0.793. The SMILES string of the molecule is CN1C(=O)C=C[C@@]2(C)C1CC[C@@H]1[C@H]2CC[C@@]2(C)[C@H]1CCC2(O)CC(=O)O. The lowest BCUT2D eigenvalue weighted by Crippen LogP contribution is -2.61. The zero-order chi connectivity index (χ0) is 18.9. The molecule has 1 heterocycles. The molecule has 5 heteroatoms. The minimum atomic E-state index is -1.08. The largest absolute Gasteiger partial charge is 0.481 e. The van der Waals surface area contributed by atoms with E-state index in [1.165, 1.54) is 0 Å². The molecule has 0 radical (unpaired) electrons. The molecule has 26 heavy (non-hydrogen) atoms. The van der Waals surface area contributed by atoms with Crippen LogP contribution < -0.4 is 0 Å². The van der Waals surface area contributed by atoms with Gasteiger partial charge in [-0.3, -0.25) is 9.59 Å². The Labute approximate surface area is 155 Å². The van der Waals surface area contributed by atoms with Gasteiger partial charge in [-0.1, -0.05) is 19.9 Å². The molecule has 1 aliphatic heterocycles. The second kappa shape index (κ2) is 5.57. The van der Waals surface area contributed by atoms with Crippen molar-refractivity contribution >= 4 is 11.9 Å². The first kappa shape index (κ1) is 18.0. The van der Waals surface area contributed by atoms with Gasteiger partial charge in [0.1, 0.15) is 0 Å². The highest BCUT2D eigenvalue weighted by atomic mass is 16.4. The number of hydrogen-bond acceptors (Lipinski definition) is 3. The molecule has 0 aromatic carbocycles. The van der Waals surface area contributed by atoms with Gasteiger partial charge in [-0.15, -0.1) is 0 Å². The molecule has 5 nitrogen and oxygen atoms in total. The maximum Gasteiger partial charge on any atom is 0.306 e. The van der Waals surface area contributed by atoms with Gasteiger partial charge in [0.25, 0.3) is 0 Å². The van der Waals surface area contributed by atoms with Crippen LogP contribution in [0.1, 0.15) is 58.8 Å². The smallest absolute Gasteiger partial charge is 0.306 e. The first-order valence-electron chi connectivity index (χ1n) is 10.0. The number of likely N-dealkylation sites (N-methyl/N-ethyl adjacent to an activating group) is 1. The summed E-state index contributed by atoms with van der Waals surface area (Å²) in [6.07, 6.45) is 9.19. The minimum absolute atomic E-state index is 0.0135. The van der Waals surface area contributed by atoms with E-state index in [2.05, 4.69) is 19.9 Å². The number of nitrogens with zero attached hydrogens (tertiary/aromatic N) is 1. The Morgan fingerprint density at radius 1 is 1.19 bits per heavy atom. The average Bonchev–Trinajstić information content (AvgIpc) is 2.82. The summed E-state index contributed by atoms with van der Waals surface area (Å²) in [5.41, 5.74) is -1.41. The topological polar surface area (TPSA) is 77.8 Å². The third-order valence-electron chi connectivity index (χ3n) is 8.89. The Morgan fingerprint density at radius 2 is 1.88 bits per heavy atom. The van der Waals surface area contributed by atoms with Crippen molar-refractivity contribution in [1.82, 2.24) is 4.90 Å². The maximum atomic E-state index is 12.1. The van der Waals surface area contributed by atoms with Crippen molar-refractivity contribution in [2.75, 3.05) is 7.05 Å². The second-order valence-electron chi connectivity index (χ2n) is 9.72.